The molecular weight excluding hydrogens is 394 g/mol. The fraction of sp³-hybridized carbons (Fsp3) is 0.429. The Balaban J connectivity index is 2.54. The van der Waals surface area contributed by atoms with E-state index in [-0.39, 0.29) is 6.61 Å². The maximum atomic E-state index is 11.9. The van der Waals surface area contributed by atoms with Gasteiger partial charge in [0.25, 0.3) is 5.91 Å². The smallest absolute Gasteiger partial charge is 0.328 e. The summed E-state index contributed by atoms with van der Waals surface area (Å²) >= 11 is 10.7. The largest absolute Gasteiger partial charge is 0.483 e. The van der Waals surface area contributed by atoms with E-state index in [4.69, 9.17) is 16.3 Å². The summed E-state index contributed by atoms with van der Waals surface area (Å²) in [5.41, 5.74) is 0. The van der Waals surface area contributed by atoms with Gasteiger partial charge in [-0.3, -0.25) is 4.79 Å². The summed E-state index contributed by atoms with van der Waals surface area (Å²) in [4.78, 5) is 23.5. The Morgan fingerprint density at radius 3 is 2.77 bits per heavy atom. The monoisotopic (exact) mass is 409 g/mol. The summed E-state index contributed by atoms with van der Waals surface area (Å²) in [6, 6.07) is 4.33. The third-order valence-corrected chi connectivity index (χ3v) is 4.18. The van der Waals surface area contributed by atoms with Gasteiger partial charge in [-0.2, -0.15) is 11.8 Å². The van der Waals surface area contributed by atoms with Crippen LogP contribution in [0.4, 0.5) is 0 Å². The highest BCUT2D eigenvalue weighted by atomic mass is 79.9. The number of nitrogens with one attached hydrogen (secondary N) is 1. The third kappa shape index (κ3) is 6.46. The number of carbonyl (C=O) groups is 2. The van der Waals surface area contributed by atoms with E-state index in [2.05, 4.69) is 26.0 Å². The number of rotatable bonds is 8. The first-order valence-corrected chi connectivity index (χ1v) is 8.98. The first-order valence-electron chi connectivity index (χ1n) is 6.42. The van der Waals surface area contributed by atoms with Gasteiger partial charge in [-0.15, -0.1) is 0 Å². The number of benzene rings is 1. The molecule has 22 heavy (non-hydrogen) atoms. The lowest BCUT2D eigenvalue weighted by molar-refractivity contribution is -0.145. The van der Waals surface area contributed by atoms with Gasteiger partial charge < -0.3 is 14.8 Å². The van der Waals surface area contributed by atoms with E-state index < -0.39 is 17.9 Å². The Labute approximate surface area is 147 Å². The molecule has 0 aliphatic rings. The van der Waals surface area contributed by atoms with Crippen molar-refractivity contribution in [2.24, 2.45) is 0 Å². The van der Waals surface area contributed by atoms with Crippen molar-refractivity contribution in [1.82, 2.24) is 5.32 Å². The average Bonchev–Trinajstić information content (AvgIpc) is 2.49. The van der Waals surface area contributed by atoms with Crippen LogP contribution in [0.25, 0.3) is 0 Å². The summed E-state index contributed by atoms with van der Waals surface area (Å²) < 4.78 is 10.7. The van der Waals surface area contributed by atoms with Gasteiger partial charge in [-0.25, -0.2) is 4.79 Å². The molecule has 8 heteroatoms. The van der Waals surface area contributed by atoms with Crippen LogP contribution >= 0.6 is 39.3 Å². The van der Waals surface area contributed by atoms with Crippen molar-refractivity contribution in [3.8, 4) is 5.75 Å². The number of hydrogen-bond acceptors (Lipinski definition) is 5. The van der Waals surface area contributed by atoms with Gasteiger partial charge in [0.2, 0.25) is 0 Å². The topological polar surface area (TPSA) is 64.6 Å². The number of methoxy groups -OCH3 is 1. The molecule has 0 aliphatic carbocycles. The average molecular weight is 411 g/mol. The van der Waals surface area contributed by atoms with Crippen molar-refractivity contribution in [2.45, 2.75) is 12.5 Å². The second kappa shape index (κ2) is 9.97. The zero-order valence-electron chi connectivity index (χ0n) is 12.2. The molecule has 0 spiro atoms. The van der Waals surface area contributed by atoms with E-state index in [9.17, 15) is 9.59 Å². The van der Waals surface area contributed by atoms with Crippen LogP contribution in [0.1, 0.15) is 6.42 Å². The normalized spacial score (nSPS) is 11.6. The third-order valence-electron chi connectivity index (χ3n) is 2.68. The molecule has 0 radical (unpaired) electrons. The summed E-state index contributed by atoms with van der Waals surface area (Å²) in [7, 11) is 1.29. The molecule has 0 saturated carbocycles. The van der Waals surface area contributed by atoms with Gasteiger partial charge in [0.15, 0.2) is 6.61 Å². The number of carbonyl (C=O) groups excluding carboxylic acids is 2. The summed E-state index contributed by atoms with van der Waals surface area (Å²) in [6.45, 7) is -0.201. The quantitative estimate of drug-likeness (QED) is 0.668. The van der Waals surface area contributed by atoms with Crippen molar-refractivity contribution < 1.29 is 19.1 Å². The molecule has 0 aliphatic heterocycles. The minimum atomic E-state index is -0.665. The summed E-state index contributed by atoms with van der Waals surface area (Å²) in [6.07, 6.45) is 2.43. The second-order valence-corrected chi connectivity index (χ2v) is 6.56. The summed E-state index contributed by atoms with van der Waals surface area (Å²) in [5, 5.41) is 3.17. The minimum absolute atomic E-state index is 0.201. The molecule has 0 bridgehead atoms. The highest BCUT2D eigenvalue weighted by Crippen LogP contribution is 2.27. The summed E-state index contributed by atoms with van der Waals surface area (Å²) in [5.74, 6) is 0.385. The van der Waals surface area contributed by atoms with Crippen molar-refractivity contribution in [3.63, 3.8) is 0 Å². The number of halogens is 2. The van der Waals surface area contributed by atoms with Crippen LogP contribution in [0.5, 0.6) is 5.75 Å². The van der Waals surface area contributed by atoms with Crippen LogP contribution in [0.2, 0.25) is 5.02 Å². The molecule has 1 aromatic rings. The number of ether oxygens (including phenoxy) is 2. The molecule has 0 unspecified atom stereocenters. The molecule has 1 amide bonds. The molecule has 1 rings (SSSR count). The number of hydrogen-bond donors (Lipinski definition) is 1. The number of thioether (sulfide) groups is 1. The zero-order valence-corrected chi connectivity index (χ0v) is 15.4. The number of amides is 1. The zero-order chi connectivity index (χ0) is 16.5. The fourth-order valence-electron chi connectivity index (χ4n) is 1.60. The van der Waals surface area contributed by atoms with Crippen LogP contribution in [0.15, 0.2) is 22.7 Å². The number of esters is 1. The lowest BCUT2D eigenvalue weighted by atomic mass is 10.2. The fourth-order valence-corrected chi connectivity index (χ4v) is 2.87. The second-order valence-electron chi connectivity index (χ2n) is 4.29. The predicted molar refractivity (Wildman–Crippen MR) is 91.6 cm³/mol. The van der Waals surface area contributed by atoms with Crippen molar-refractivity contribution in [1.29, 1.82) is 0 Å². The van der Waals surface area contributed by atoms with Crippen LogP contribution < -0.4 is 10.1 Å². The van der Waals surface area contributed by atoms with E-state index in [0.29, 0.717) is 21.7 Å². The molecular formula is C14H17BrClNO4S. The maximum Gasteiger partial charge on any atom is 0.328 e. The molecule has 122 valence electrons. The van der Waals surface area contributed by atoms with E-state index in [1.807, 2.05) is 6.26 Å². The van der Waals surface area contributed by atoms with Gasteiger partial charge in [0.05, 0.1) is 11.6 Å². The van der Waals surface area contributed by atoms with Gasteiger partial charge in [-0.1, -0.05) is 11.6 Å². The Bertz CT molecular complexity index is 530. The lowest BCUT2D eigenvalue weighted by Crippen LogP contribution is -2.43. The Morgan fingerprint density at radius 2 is 2.18 bits per heavy atom. The Hall–Kier alpha value is -0.920. The van der Waals surface area contributed by atoms with Crippen molar-refractivity contribution >= 4 is 51.2 Å². The van der Waals surface area contributed by atoms with Crippen LogP contribution in [-0.4, -0.2) is 43.6 Å². The van der Waals surface area contributed by atoms with Gasteiger partial charge >= 0.3 is 5.97 Å². The predicted octanol–water partition coefficient (Wildman–Crippen LogP) is 2.89. The molecule has 0 aromatic heterocycles. The molecule has 5 nitrogen and oxygen atoms in total. The highest BCUT2D eigenvalue weighted by molar-refractivity contribution is 9.10. The van der Waals surface area contributed by atoms with E-state index in [1.54, 1.807) is 30.0 Å². The van der Waals surface area contributed by atoms with E-state index in [1.165, 1.54) is 7.11 Å². The van der Waals surface area contributed by atoms with Crippen LogP contribution in [0, 0.1) is 0 Å². The minimum Gasteiger partial charge on any atom is -0.483 e. The van der Waals surface area contributed by atoms with Crippen LogP contribution in [0.3, 0.4) is 0 Å². The van der Waals surface area contributed by atoms with Gasteiger partial charge in [-0.05, 0) is 52.6 Å². The van der Waals surface area contributed by atoms with Crippen LogP contribution in [-0.2, 0) is 14.3 Å². The molecule has 1 atom stereocenters. The molecule has 0 fully saturated rings. The molecule has 0 saturated heterocycles. The Kier molecular flexibility index (Phi) is 8.67. The Morgan fingerprint density at radius 1 is 1.45 bits per heavy atom. The molecule has 1 aromatic carbocycles. The first-order chi connectivity index (χ1) is 10.5. The van der Waals surface area contributed by atoms with Gasteiger partial charge in [0.1, 0.15) is 11.8 Å². The van der Waals surface area contributed by atoms with E-state index in [0.717, 1.165) is 5.75 Å². The van der Waals surface area contributed by atoms with E-state index >= 15 is 0 Å². The van der Waals surface area contributed by atoms with Crippen molar-refractivity contribution in [3.05, 3.63) is 27.7 Å². The first kappa shape index (κ1) is 19.1. The molecule has 1 N–H and O–H groups in total. The SMILES string of the molecule is COC(=O)[C@@H](CCSC)NC(=O)COc1ccc(Cl)cc1Br. The lowest BCUT2D eigenvalue weighted by Gasteiger charge is -2.16. The van der Waals surface area contributed by atoms with Crippen molar-refractivity contribution in [2.75, 3.05) is 25.7 Å². The standard InChI is InChI=1S/C14H17BrClNO4S/c1-20-14(19)11(5-6-22-2)17-13(18)8-21-12-4-3-9(16)7-10(12)15/h3-4,7,11H,5-6,8H2,1-2H3,(H,17,18)/t11-/m1/s1. The maximum absolute atomic E-state index is 11.9. The van der Waals surface area contributed by atoms with Gasteiger partial charge in [0, 0.05) is 5.02 Å². The highest BCUT2D eigenvalue weighted by Gasteiger charge is 2.21. The molecule has 0 heterocycles.